The Kier molecular flexibility index (Phi) is 7.32. The third-order valence-corrected chi connectivity index (χ3v) is 7.95. The summed E-state index contributed by atoms with van der Waals surface area (Å²) in [4.78, 5) is 13.3. The Morgan fingerprint density at radius 3 is 2.70 bits per heavy atom. The summed E-state index contributed by atoms with van der Waals surface area (Å²) in [7, 11) is -1.59. The first-order valence-electron chi connectivity index (χ1n) is 11.6. The van der Waals surface area contributed by atoms with Crippen LogP contribution >= 0.6 is 11.3 Å². The van der Waals surface area contributed by atoms with Gasteiger partial charge < -0.3 is 15.4 Å². The molecule has 8 nitrogen and oxygen atoms in total. The molecule has 2 fully saturated rings. The Hall–Kier alpha value is -2.84. The van der Waals surface area contributed by atoms with E-state index in [1.807, 2.05) is 0 Å². The zero-order valence-corrected chi connectivity index (χ0v) is 21.3. The van der Waals surface area contributed by atoms with Gasteiger partial charge in [-0.1, -0.05) is 0 Å². The van der Waals surface area contributed by atoms with E-state index in [4.69, 9.17) is 4.74 Å². The maximum atomic E-state index is 14.7. The number of thiazole rings is 1. The van der Waals surface area contributed by atoms with Crippen LogP contribution < -0.4 is 20.1 Å². The van der Waals surface area contributed by atoms with Gasteiger partial charge >= 0.3 is 0 Å². The van der Waals surface area contributed by atoms with Crippen molar-refractivity contribution in [3.05, 3.63) is 41.0 Å². The highest BCUT2D eigenvalue weighted by Crippen LogP contribution is 2.38. The lowest BCUT2D eigenvalue weighted by Gasteiger charge is -2.30. The molecule has 37 heavy (non-hydrogen) atoms. The predicted molar refractivity (Wildman–Crippen MR) is 134 cm³/mol. The predicted octanol–water partition coefficient (Wildman–Crippen LogP) is 4.87. The van der Waals surface area contributed by atoms with Gasteiger partial charge in [-0.05, 0) is 31.7 Å². The van der Waals surface area contributed by atoms with E-state index in [1.54, 1.807) is 13.0 Å². The van der Waals surface area contributed by atoms with Gasteiger partial charge in [0.2, 0.25) is 11.8 Å². The SMILES string of the molecule is Cc1nc(Oc2cc(F)c(NS(=O)CC3CC3)c(F)c2)c(-c2ccnc(NC3CNCC(F)(F)C3)n2)s1. The van der Waals surface area contributed by atoms with Crippen molar-refractivity contribution in [3.8, 4) is 22.2 Å². The van der Waals surface area contributed by atoms with Crippen molar-refractivity contribution in [2.24, 2.45) is 5.92 Å². The number of nitrogens with one attached hydrogen (secondary N) is 3. The van der Waals surface area contributed by atoms with E-state index in [9.17, 15) is 21.8 Å². The Morgan fingerprint density at radius 1 is 1.24 bits per heavy atom. The van der Waals surface area contributed by atoms with Gasteiger partial charge in [0.1, 0.15) is 27.3 Å². The van der Waals surface area contributed by atoms with Gasteiger partial charge in [-0.15, -0.1) is 11.3 Å². The molecule has 198 valence electrons. The van der Waals surface area contributed by atoms with Crippen molar-refractivity contribution in [2.75, 3.05) is 28.9 Å². The molecular formula is C23H24F4N6O2S2. The minimum atomic E-state index is -2.83. The number of ether oxygens (including phenoxy) is 1. The quantitative estimate of drug-likeness (QED) is 0.323. The van der Waals surface area contributed by atoms with Gasteiger partial charge in [0.25, 0.3) is 5.92 Å². The van der Waals surface area contributed by atoms with E-state index in [0.717, 1.165) is 25.0 Å². The van der Waals surface area contributed by atoms with Crippen LogP contribution in [0.5, 0.6) is 11.6 Å². The molecule has 14 heteroatoms. The van der Waals surface area contributed by atoms with Crippen LogP contribution in [-0.2, 0) is 11.0 Å². The third kappa shape index (κ3) is 6.54. The molecule has 2 atom stereocenters. The van der Waals surface area contributed by atoms with E-state index >= 15 is 0 Å². The Morgan fingerprint density at radius 2 is 2.00 bits per heavy atom. The van der Waals surface area contributed by atoms with Gasteiger partial charge in [0, 0.05) is 43.1 Å². The van der Waals surface area contributed by atoms with Crippen LogP contribution in [0.25, 0.3) is 10.6 Å². The molecule has 3 heterocycles. The Balaban J connectivity index is 1.33. The van der Waals surface area contributed by atoms with Crippen LogP contribution in [0.15, 0.2) is 24.4 Å². The molecule has 1 aliphatic carbocycles. The number of hydrogen-bond donors (Lipinski definition) is 3. The number of aromatic nitrogens is 3. The van der Waals surface area contributed by atoms with Crippen LogP contribution in [0.1, 0.15) is 24.3 Å². The number of halogens is 4. The van der Waals surface area contributed by atoms with Crippen LogP contribution in [0, 0.1) is 24.5 Å². The molecule has 2 aromatic heterocycles. The summed E-state index contributed by atoms with van der Waals surface area (Å²) >= 11 is 1.25. The van der Waals surface area contributed by atoms with Crippen LogP contribution in [0.3, 0.4) is 0 Å². The number of piperidine rings is 1. The van der Waals surface area contributed by atoms with Crippen LogP contribution in [0.4, 0.5) is 29.2 Å². The largest absolute Gasteiger partial charge is 0.437 e. The second-order valence-electron chi connectivity index (χ2n) is 9.09. The van der Waals surface area contributed by atoms with E-state index in [0.29, 0.717) is 33.8 Å². The lowest BCUT2D eigenvalue weighted by atomic mass is 10.0. The molecule has 1 aromatic carbocycles. The molecule has 1 aliphatic heterocycles. The third-order valence-electron chi connectivity index (χ3n) is 5.77. The zero-order chi connectivity index (χ0) is 26.2. The van der Waals surface area contributed by atoms with Crippen LogP contribution in [-0.4, -0.2) is 50.0 Å². The van der Waals surface area contributed by atoms with E-state index in [1.165, 1.54) is 17.5 Å². The second-order valence-corrected chi connectivity index (χ2v) is 11.5. The average Bonchev–Trinajstić information content (AvgIpc) is 3.55. The number of aryl methyl sites for hydroxylation is 1. The smallest absolute Gasteiger partial charge is 0.262 e. The molecule has 1 saturated carbocycles. The summed E-state index contributed by atoms with van der Waals surface area (Å²) in [5, 5.41) is 6.22. The maximum absolute atomic E-state index is 14.7. The van der Waals surface area contributed by atoms with Gasteiger partial charge in [-0.3, -0.25) is 4.72 Å². The normalized spacial score (nSPS) is 19.9. The first kappa shape index (κ1) is 25.8. The van der Waals surface area contributed by atoms with Gasteiger partial charge in [-0.2, -0.15) is 0 Å². The zero-order valence-electron chi connectivity index (χ0n) is 19.7. The summed E-state index contributed by atoms with van der Waals surface area (Å²) < 4.78 is 77.0. The van der Waals surface area contributed by atoms with E-state index in [-0.39, 0.29) is 30.5 Å². The summed E-state index contributed by atoms with van der Waals surface area (Å²) in [6.45, 7) is 1.71. The molecule has 2 unspecified atom stereocenters. The van der Waals surface area contributed by atoms with E-state index < -0.39 is 40.3 Å². The van der Waals surface area contributed by atoms with Crippen LogP contribution in [0.2, 0.25) is 0 Å². The topological polar surface area (TPSA) is 101 Å². The summed E-state index contributed by atoms with van der Waals surface area (Å²) in [6, 6.07) is 3.01. The number of hydrogen-bond acceptors (Lipinski definition) is 8. The number of benzene rings is 1. The fraction of sp³-hybridized carbons (Fsp3) is 0.435. The van der Waals surface area contributed by atoms with Crippen molar-refractivity contribution < 1.29 is 26.5 Å². The second kappa shape index (κ2) is 10.5. The first-order valence-corrected chi connectivity index (χ1v) is 13.8. The molecule has 5 rings (SSSR count). The number of alkyl halides is 2. The fourth-order valence-corrected chi connectivity index (χ4v) is 5.97. The minimum Gasteiger partial charge on any atom is -0.437 e. The van der Waals surface area contributed by atoms with Crippen molar-refractivity contribution in [2.45, 2.75) is 38.2 Å². The first-order chi connectivity index (χ1) is 17.6. The lowest BCUT2D eigenvalue weighted by molar-refractivity contribution is -0.0244. The minimum absolute atomic E-state index is 0.0786. The Labute approximate surface area is 216 Å². The Bertz CT molecular complexity index is 1300. The van der Waals surface area contributed by atoms with Gasteiger partial charge in [-0.25, -0.2) is 36.7 Å². The summed E-state index contributed by atoms with van der Waals surface area (Å²) in [6.07, 6.45) is 3.06. The molecule has 1 saturated heterocycles. The standard InChI is InChI=1S/C23H24F4N6O2S2/c1-12-30-21(35-15-6-16(24)19(17(25)7-15)33-37(34)10-13-2-3-13)20(36-12)18-4-5-29-22(32-18)31-14-8-23(26,27)11-28-9-14/h4-7,13-14,28,33H,2-3,8-11H2,1H3,(H,29,31,32). The van der Waals surface area contributed by atoms with Crippen molar-refractivity contribution in [1.82, 2.24) is 20.3 Å². The fourth-order valence-electron chi connectivity index (χ4n) is 3.88. The lowest BCUT2D eigenvalue weighted by Crippen LogP contribution is -2.49. The molecule has 0 amide bonds. The summed E-state index contributed by atoms with van der Waals surface area (Å²) in [5.41, 5.74) is -0.0707. The molecule has 3 aromatic rings. The van der Waals surface area contributed by atoms with Gasteiger partial charge in [0.05, 0.1) is 17.2 Å². The van der Waals surface area contributed by atoms with E-state index in [2.05, 4.69) is 30.3 Å². The average molecular weight is 557 g/mol. The molecule has 3 N–H and O–H groups in total. The van der Waals surface area contributed by atoms with Crippen molar-refractivity contribution in [1.29, 1.82) is 0 Å². The van der Waals surface area contributed by atoms with Crippen molar-refractivity contribution in [3.63, 3.8) is 0 Å². The number of anilines is 2. The molecular weight excluding hydrogens is 532 g/mol. The molecule has 0 bridgehead atoms. The van der Waals surface area contributed by atoms with Gasteiger partial charge in [0.15, 0.2) is 11.6 Å². The molecule has 2 aliphatic rings. The number of nitrogens with zero attached hydrogens (tertiary/aromatic N) is 3. The van der Waals surface area contributed by atoms with Crippen molar-refractivity contribution >= 4 is 34.0 Å². The highest BCUT2D eigenvalue weighted by molar-refractivity contribution is 7.86. The highest BCUT2D eigenvalue weighted by atomic mass is 32.2. The summed E-state index contributed by atoms with van der Waals surface area (Å²) in [5.74, 6) is -3.95. The monoisotopic (exact) mass is 556 g/mol. The maximum Gasteiger partial charge on any atom is 0.262 e. The number of rotatable bonds is 9. The highest BCUT2D eigenvalue weighted by Gasteiger charge is 2.36. The molecule has 0 spiro atoms. The molecule has 0 radical (unpaired) electrons.